The molecular weight excluding hydrogens is 739 g/mol. The Balaban J connectivity index is 1.04. The molecule has 0 radical (unpaired) electrons. The first kappa shape index (κ1) is 35.3. The van der Waals surface area contributed by atoms with Gasteiger partial charge in [0.1, 0.15) is 11.2 Å². The van der Waals surface area contributed by atoms with Crippen LogP contribution in [0.5, 0.6) is 0 Å². The second kappa shape index (κ2) is 13.7. The number of para-hydroxylation sites is 1. The summed E-state index contributed by atoms with van der Waals surface area (Å²) in [7, 11) is 0. The van der Waals surface area contributed by atoms with Gasteiger partial charge in [0.2, 0.25) is 0 Å². The molecule has 0 fully saturated rings. The van der Waals surface area contributed by atoms with Gasteiger partial charge in [0.25, 0.3) is 0 Å². The van der Waals surface area contributed by atoms with Crippen molar-refractivity contribution in [1.29, 1.82) is 0 Å². The number of fused-ring (bicyclic) bond motifs is 9. The van der Waals surface area contributed by atoms with Crippen LogP contribution in [0.3, 0.4) is 0 Å². The molecule has 0 amide bonds. The van der Waals surface area contributed by atoms with Gasteiger partial charge in [-0.15, -0.1) is 0 Å². The van der Waals surface area contributed by atoms with E-state index in [4.69, 9.17) is 4.42 Å². The van der Waals surface area contributed by atoms with Crippen molar-refractivity contribution in [1.82, 2.24) is 0 Å². The maximum Gasteiger partial charge on any atom is 0.143 e. The first-order chi connectivity index (χ1) is 30.0. The van der Waals surface area contributed by atoms with Crippen molar-refractivity contribution >= 4 is 60.5 Å². The normalized spacial score (nSPS) is 12.9. The quantitative estimate of drug-likeness (QED) is 0.167. The molecule has 0 aliphatic heterocycles. The highest BCUT2D eigenvalue weighted by molar-refractivity contribution is 6.19. The monoisotopic (exact) mass is 779 g/mol. The lowest BCUT2D eigenvalue weighted by Gasteiger charge is -2.29. The number of hydrogen-bond donors (Lipinski definition) is 0. The minimum Gasteiger partial charge on any atom is -0.455 e. The van der Waals surface area contributed by atoms with Crippen LogP contribution in [0.1, 0.15) is 25.0 Å². The van der Waals surface area contributed by atoms with Crippen LogP contribution in [0.25, 0.3) is 88.0 Å². The summed E-state index contributed by atoms with van der Waals surface area (Å²) in [6, 6.07) is 77.5. The van der Waals surface area contributed by atoms with E-state index in [9.17, 15) is 0 Å². The Morgan fingerprint density at radius 3 is 1.92 bits per heavy atom. The summed E-state index contributed by atoms with van der Waals surface area (Å²) in [6.45, 7) is 4.71. The third-order valence-corrected chi connectivity index (χ3v) is 13.1. The molecule has 288 valence electrons. The van der Waals surface area contributed by atoms with E-state index < -0.39 is 0 Å². The van der Waals surface area contributed by atoms with Crippen molar-refractivity contribution in [2.75, 3.05) is 4.90 Å². The highest BCUT2D eigenvalue weighted by Crippen LogP contribution is 2.54. The maximum atomic E-state index is 6.59. The zero-order chi connectivity index (χ0) is 40.7. The average molecular weight is 780 g/mol. The second-order valence-corrected chi connectivity index (χ2v) is 16.9. The molecule has 0 unspecified atom stereocenters. The van der Waals surface area contributed by atoms with Gasteiger partial charge in [-0.1, -0.05) is 178 Å². The minimum atomic E-state index is -0.100. The summed E-state index contributed by atoms with van der Waals surface area (Å²) in [5.41, 5.74) is 17.5. The Hall–Kier alpha value is -7.68. The molecule has 0 atom stereocenters. The largest absolute Gasteiger partial charge is 0.455 e. The van der Waals surface area contributed by atoms with Crippen LogP contribution in [0, 0.1) is 0 Å². The molecule has 12 rings (SSSR count). The number of anilines is 3. The van der Waals surface area contributed by atoms with E-state index in [1.54, 1.807) is 0 Å². The molecule has 10 aromatic carbocycles. The predicted octanol–water partition coefficient (Wildman–Crippen LogP) is 16.7. The molecular formula is C59H41NO. The molecule has 0 saturated carbocycles. The highest BCUT2D eigenvalue weighted by atomic mass is 16.3. The molecule has 0 bridgehead atoms. The van der Waals surface area contributed by atoms with Gasteiger partial charge in [0, 0.05) is 38.5 Å². The van der Waals surface area contributed by atoms with Crippen LogP contribution in [-0.4, -0.2) is 0 Å². The molecule has 1 aromatic heterocycles. The fraction of sp³-hybridized carbons (Fsp3) is 0.0508. The van der Waals surface area contributed by atoms with Crippen LogP contribution in [0.4, 0.5) is 17.1 Å². The van der Waals surface area contributed by atoms with Crippen molar-refractivity contribution in [2.24, 2.45) is 0 Å². The number of rotatable bonds is 6. The van der Waals surface area contributed by atoms with Crippen LogP contribution < -0.4 is 4.90 Å². The standard InChI is InChI=1S/C59H41NO/c1-59(2)52-24-9-7-21-50(52)56-49(23-12-25-53(56)59)48-20-8-10-26-54(48)60(45-18-11-17-42(37-45)43-29-28-38-14-3-4-16-41(38)36-43)44-33-30-40(31-34-44)46-22-13-27-55-57(46)51-35-32-39-15-5-6-19-47(39)58(51)61-55/h3-37H,1-2H3. The van der Waals surface area contributed by atoms with Crippen molar-refractivity contribution in [3.63, 3.8) is 0 Å². The van der Waals surface area contributed by atoms with Crippen molar-refractivity contribution in [3.05, 3.63) is 223 Å². The molecule has 1 heterocycles. The molecule has 11 aromatic rings. The lowest BCUT2D eigenvalue weighted by molar-refractivity contribution is 0.660. The SMILES string of the molecule is CC1(C)c2ccccc2-c2c(-c3ccccc3N(c3ccc(-c4cccc5oc6c7ccccc7ccc6c45)cc3)c3cccc(-c4ccc5ccccc5c4)c3)cccc21. The summed E-state index contributed by atoms with van der Waals surface area (Å²) >= 11 is 0. The van der Waals surface area contributed by atoms with E-state index >= 15 is 0 Å². The fourth-order valence-corrected chi connectivity index (χ4v) is 10.1. The van der Waals surface area contributed by atoms with E-state index in [1.807, 2.05) is 0 Å². The first-order valence-electron chi connectivity index (χ1n) is 21.2. The van der Waals surface area contributed by atoms with Gasteiger partial charge in [-0.05, 0) is 115 Å². The third-order valence-electron chi connectivity index (χ3n) is 13.1. The lowest BCUT2D eigenvalue weighted by atomic mass is 9.82. The molecule has 0 N–H and O–H groups in total. The molecule has 0 spiro atoms. The summed E-state index contributed by atoms with van der Waals surface area (Å²) in [5.74, 6) is 0. The van der Waals surface area contributed by atoms with Crippen LogP contribution in [-0.2, 0) is 5.41 Å². The van der Waals surface area contributed by atoms with E-state index in [-0.39, 0.29) is 5.41 Å². The summed E-state index contributed by atoms with van der Waals surface area (Å²) < 4.78 is 6.59. The number of hydrogen-bond acceptors (Lipinski definition) is 2. The van der Waals surface area contributed by atoms with Gasteiger partial charge < -0.3 is 9.32 Å². The smallest absolute Gasteiger partial charge is 0.143 e. The Morgan fingerprint density at radius 1 is 0.393 bits per heavy atom. The maximum absolute atomic E-state index is 6.59. The van der Waals surface area contributed by atoms with Crippen LogP contribution >= 0.6 is 0 Å². The van der Waals surface area contributed by atoms with Crippen molar-refractivity contribution in [3.8, 4) is 44.5 Å². The van der Waals surface area contributed by atoms with Crippen LogP contribution in [0.15, 0.2) is 217 Å². The molecule has 2 nitrogen and oxygen atoms in total. The topological polar surface area (TPSA) is 16.4 Å². The summed E-state index contributed by atoms with van der Waals surface area (Å²) in [4.78, 5) is 2.44. The predicted molar refractivity (Wildman–Crippen MR) is 257 cm³/mol. The van der Waals surface area contributed by atoms with Crippen LogP contribution in [0.2, 0.25) is 0 Å². The van der Waals surface area contributed by atoms with E-state index in [2.05, 4.69) is 231 Å². The van der Waals surface area contributed by atoms with Gasteiger partial charge in [-0.2, -0.15) is 0 Å². The zero-order valence-electron chi connectivity index (χ0n) is 34.1. The lowest BCUT2D eigenvalue weighted by Crippen LogP contribution is -2.14. The van der Waals surface area contributed by atoms with Crippen molar-refractivity contribution < 1.29 is 4.42 Å². The number of benzene rings is 10. The minimum absolute atomic E-state index is 0.100. The summed E-state index contributed by atoms with van der Waals surface area (Å²) in [5, 5.41) is 7.06. The van der Waals surface area contributed by atoms with E-state index in [1.165, 1.54) is 60.7 Å². The Morgan fingerprint density at radius 2 is 1.03 bits per heavy atom. The third kappa shape index (κ3) is 5.56. The number of nitrogens with zero attached hydrogens (tertiary/aromatic N) is 1. The molecule has 61 heavy (non-hydrogen) atoms. The van der Waals surface area contributed by atoms with Gasteiger partial charge in [-0.25, -0.2) is 0 Å². The Kier molecular flexibility index (Phi) is 7.92. The molecule has 1 aliphatic rings. The van der Waals surface area contributed by atoms with Crippen molar-refractivity contribution in [2.45, 2.75) is 19.3 Å². The van der Waals surface area contributed by atoms with Gasteiger partial charge in [-0.3, -0.25) is 0 Å². The number of furan rings is 1. The van der Waals surface area contributed by atoms with E-state index in [0.717, 1.165) is 55.5 Å². The first-order valence-corrected chi connectivity index (χ1v) is 21.2. The molecule has 2 heteroatoms. The highest BCUT2D eigenvalue weighted by Gasteiger charge is 2.37. The van der Waals surface area contributed by atoms with Gasteiger partial charge in [0.15, 0.2) is 0 Å². The fourth-order valence-electron chi connectivity index (χ4n) is 10.1. The molecule has 0 saturated heterocycles. The average Bonchev–Trinajstić information content (AvgIpc) is 3.82. The van der Waals surface area contributed by atoms with Gasteiger partial charge in [0.05, 0.1) is 5.69 Å². The summed E-state index contributed by atoms with van der Waals surface area (Å²) in [6.07, 6.45) is 0. The Bertz CT molecular complexity index is 3520. The second-order valence-electron chi connectivity index (χ2n) is 16.9. The molecule has 1 aliphatic carbocycles. The zero-order valence-corrected chi connectivity index (χ0v) is 34.1. The van der Waals surface area contributed by atoms with Gasteiger partial charge >= 0.3 is 0 Å². The van der Waals surface area contributed by atoms with E-state index in [0.29, 0.717) is 0 Å². The Labute approximate surface area is 355 Å².